The fraction of sp³-hybridized carbons (Fsp3) is 0.524. The van der Waals surface area contributed by atoms with Crippen LogP contribution in [0.3, 0.4) is 0 Å². The Morgan fingerprint density at radius 1 is 1.24 bits per heavy atom. The summed E-state index contributed by atoms with van der Waals surface area (Å²) in [6.45, 7) is 6.77. The SMILES string of the molecule is Cc1cc2oc(=O)cc(COC(=O)C3CCN(S(C)(=O)=O)CC3)c2cc1C(C)C. The normalized spacial score (nSPS) is 16.4. The number of carbonyl (C=O) groups is 1. The van der Waals surface area contributed by atoms with E-state index in [-0.39, 0.29) is 18.5 Å². The van der Waals surface area contributed by atoms with Crippen molar-refractivity contribution < 1.29 is 22.4 Å². The van der Waals surface area contributed by atoms with Crippen molar-refractivity contribution >= 4 is 27.0 Å². The number of rotatable bonds is 5. The fourth-order valence-corrected chi connectivity index (χ4v) is 4.70. The molecule has 29 heavy (non-hydrogen) atoms. The second-order valence-electron chi connectivity index (χ2n) is 7.99. The Labute approximate surface area is 170 Å². The van der Waals surface area contributed by atoms with Crippen molar-refractivity contribution in [3.8, 4) is 0 Å². The Hall–Kier alpha value is -2.19. The molecule has 7 nitrogen and oxygen atoms in total. The summed E-state index contributed by atoms with van der Waals surface area (Å²) in [6.07, 6.45) is 2.03. The summed E-state index contributed by atoms with van der Waals surface area (Å²) in [4.78, 5) is 24.4. The number of nitrogens with zero attached hydrogens (tertiary/aromatic N) is 1. The molecule has 0 atom stereocenters. The Bertz CT molecular complexity index is 1080. The molecule has 158 valence electrons. The van der Waals surface area contributed by atoms with E-state index in [4.69, 9.17) is 9.15 Å². The van der Waals surface area contributed by atoms with Gasteiger partial charge >= 0.3 is 11.6 Å². The van der Waals surface area contributed by atoms with E-state index in [1.54, 1.807) is 0 Å². The third-order valence-electron chi connectivity index (χ3n) is 5.47. The number of sulfonamides is 1. The molecule has 3 rings (SSSR count). The van der Waals surface area contributed by atoms with E-state index >= 15 is 0 Å². The van der Waals surface area contributed by atoms with Gasteiger partial charge in [-0.3, -0.25) is 4.79 Å². The van der Waals surface area contributed by atoms with Gasteiger partial charge in [-0.25, -0.2) is 17.5 Å². The number of carbonyl (C=O) groups excluding carboxylic acids is 1. The smallest absolute Gasteiger partial charge is 0.336 e. The van der Waals surface area contributed by atoms with Crippen molar-refractivity contribution in [1.29, 1.82) is 0 Å². The van der Waals surface area contributed by atoms with Gasteiger partial charge in [-0.05, 0) is 48.9 Å². The zero-order chi connectivity index (χ0) is 21.3. The molecule has 0 N–H and O–H groups in total. The van der Waals surface area contributed by atoms with Gasteiger partial charge < -0.3 is 9.15 Å². The minimum absolute atomic E-state index is 0.0200. The molecule has 0 amide bonds. The van der Waals surface area contributed by atoms with Crippen LogP contribution in [0.25, 0.3) is 11.0 Å². The average molecular weight is 422 g/mol. The van der Waals surface area contributed by atoms with Crippen molar-refractivity contribution in [1.82, 2.24) is 4.31 Å². The maximum absolute atomic E-state index is 12.5. The number of piperidine rings is 1. The van der Waals surface area contributed by atoms with Crippen LogP contribution < -0.4 is 5.63 Å². The number of fused-ring (bicyclic) bond motifs is 1. The third kappa shape index (κ3) is 4.87. The molecule has 2 heterocycles. The van der Waals surface area contributed by atoms with Crippen LogP contribution in [0.4, 0.5) is 0 Å². The molecular formula is C21H27NO6S. The molecule has 1 aliphatic rings. The second kappa shape index (κ2) is 8.28. The molecule has 0 unspecified atom stereocenters. The van der Waals surface area contributed by atoms with E-state index in [0.717, 1.165) is 16.5 Å². The van der Waals surface area contributed by atoms with Gasteiger partial charge in [0.15, 0.2) is 0 Å². The van der Waals surface area contributed by atoms with Crippen LogP contribution in [0.5, 0.6) is 0 Å². The van der Waals surface area contributed by atoms with Crippen molar-refractivity contribution in [3.05, 3.63) is 45.3 Å². The van der Waals surface area contributed by atoms with Gasteiger partial charge in [0.2, 0.25) is 10.0 Å². The highest BCUT2D eigenvalue weighted by Crippen LogP contribution is 2.28. The second-order valence-corrected chi connectivity index (χ2v) is 9.98. The topological polar surface area (TPSA) is 93.9 Å². The first-order valence-corrected chi connectivity index (χ1v) is 11.6. The number of ether oxygens (including phenoxy) is 1. The summed E-state index contributed by atoms with van der Waals surface area (Å²) in [6, 6.07) is 5.20. The number of benzene rings is 1. The van der Waals surface area contributed by atoms with Crippen LogP contribution in [0.15, 0.2) is 27.4 Å². The minimum Gasteiger partial charge on any atom is -0.461 e. The lowest BCUT2D eigenvalue weighted by Crippen LogP contribution is -2.40. The van der Waals surface area contributed by atoms with E-state index in [0.29, 0.717) is 43.0 Å². The first-order chi connectivity index (χ1) is 13.6. The van der Waals surface area contributed by atoms with E-state index in [2.05, 4.69) is 13.8 Å². The van der Waals surface area contributed by atoms with Crippen molar-refractivity contribution in [3.63, 3.8) is 0 Å². The molecule has 0 radical (unpaired) electrons. The molecule has 0 aliphatic carbocycles. The zero-order valence-electron chi connectivity index (χ0n) is 17.2. The largest absolute Gasteiger partial charge is 0.461 e. The lowest BCUT2D eigenvalue weighted by atomic mass is 9.95. The van der Waals surface area contributed by atoms with Crippen LogP contribution in [-0.4, -0.2) is 38.0 Å². The predicted molar refractivity (Wildman–Crippen MR) is 110 cm³/mol. The molecule has 0 spiro atoms. The Morgan fingerprint density at radius 3 is 2.48 bits per heavy atom. The number of hydrogen-bond acceptors (Lipinski definition) is 6. The fourth-order valence-electron chi connectivity index (χ4n) is 3.82. The number of aryl methyl sites for hydroxylation is 1. The van der Waals surface area contributed by atoms with Crippen LogP contribution in [-0.2, 0) is 26.2 Å². The maximum Gasteiger partial charge on any atom is 0.336 e. The summed E-state index contributed by atoms with van der Waals surface area (Å²) >= 11 is 0. The van der Waals surface area contributed by atoms with Crippen LogP contribution in [0.1, 0.15) is 49.3 Å². The molecule has 1 saturated heterocycles. The number of esters is 1. The van der Waals surface area contributed by atoms with Gasteiger partial charge in [0.05, 0.1) is 12.2 Å². The highest BCUT2D eigenvalue weighted by Gasteiger charge is 2.30. The predicted octanol–water partition coefficient (Wildman–Crippen LogP) is 2.94. The summed E-state index contributed by atoms with van der Waals surface area (Å²) in [5, 5.41) is 0.763. The first-order valence-electron chi connectivity index (χ1n) is 9.75. The van der Waals surface area contributed by atoms with Crippen LogP contribution >= 0.6 is 0 Å². The van der Waals surface area contributed by atoms with Crippen molar-refractivity contribution in [2.45, 2.75) is 46.1 Å². The molecule has 1 aromatic heterocycles. The molecule has 2 aromatic rings. The molecule has 1 aliphatic heterocycles. The van der Waals surface area contributed by atoms with Crippen molar-refractivity contribution in [2.24, 2.45) is 5.92 Å². The van der Waals surface area contributed by atoms with Gasteiger partial charge in [-0.1, -0.05) is 13.8 Å². The monoisotopic (exact) mass is 421 g/mol. The van der Waals surface area contributed by atoms with E-state index < -0.39 is 15.6 Å². The molecule has 1 aromatic carbocycles. The van der Waals surface area contributed by atoms with Gasteiger partial charge in [-0.2, -0.15) is 0 Å². The Kier molecular flexibility index (Phi) is 6.14. The first kappa shape index (κ1) is 21.5. The maximum atomic E-state index is 12.5. The Morgan fingerprint density at radius 2 is 1.90 bits per heavy atom. The summed E-state index contributed by atoms with van der Waals surface area (Å²) < 4.78 is 35.4. The van der Waals surface area contributed by atoms with Gasteiger partial charge in [0.25, 0.3) is 0 Å². The summed E-state index contributed by atoms with van der Waals surface area (Å²) in [5.41, 5.74) is 2.79. The lowest BCUT2D eigenvalue weighted by molar-refractivity contribution is -0.151. The average Bonchev–Trinajstić information content (AvgIpc) is 2.64. The summed E-state index contributed by atoms with van der Waals surface area (Å²) in [5.74, 6) is -0.398. The molecule has 8 heteroatoms. The number of hydrogen-bond donors (Lipinski definition) is 0. The quantitative estimate of drug-likeness (QED) is 0.544. The molecule has 1 fully saturated rings. The molecule has 0 saturated carbocycles. The Balaban J connectivity index is 1.76. The third-order valence-corrected chi connectivity index (χ3v) is 6.77. The minimum atomic E-state index is -3.24. The highest BCUT2D eigenvalue weighted by molar-refractivity contribution is 7.88. The summed E-state index contributed by atoms with van der Waals surface area (Å²) in [7, 11) is -3.24. The standard InChI is InChI=1S/C21H27NO6S/c1-13(2)17-11-18-16(10-20(23)28-19(18)9-14(17)3)12-27-21(24)15-5-7-22(8-6-15)29(4,25)26/h9-11,13,15H,5-8,12H2,1-4H3. The molecular weight excluding hydrogens is 394 g/mol. The van der Waals surface area contributed by atoms with E-state index in [1.807, 2.05) is 19.1 Å². The van der Waals surface area contributed by atoms with E-state index in [9.17, 15) is 18.0 Å². The molecule has 0 bridgehead atoms. The van der Waals surface area contributed by atoms with Gasteiger partial charge in [0, 0.05) is 30.1 Å². The van der Waals surface area contributed by atoms with Gasteiger partial charge in [0.1, 0.15) is 12.2 Å². The zero-order valence-corrected chi connectivity index (χ0v) is 18.0. The van der Waals surface area contributed by atoms with Crippen molar-refractivity contribution in [2.75, 3.05) is 19.3 Å². The van der Waals surface area contributed by atoms with Crippen LogP contribution in [0.2, 0.25) is 0 Å². The lowest BCUT2D eigenvalue weighted by Gasteiger charge is -2.28. The van der Waals surface area contributed by atoms with Gasteiger partial charge in [-0.15, -0.1) is 0 Å². The highest BCUT2D eigenvalue weighted by atomic mass is 32.2. The van der Waals surface area contributed by atoms with Crippen LogP contribution in [0, 0.1) is 12.8 Å². The van der Waals surface area contributed by atoms with E-state index in [1.165, 1.54) is 16.6 Å².